The van der Waals surface area contributed by atoms with E-state index < -0.39 is 0 Å². The van der Waals surface area contributed by atoms with Crippen LogP contribution < -0.4 is 0 Å². The van der Waals surface area contributed by atoms with E-state index in [0.717, 1.165) is 23.9 Å². The zero-order valence-corrected chi connectivity index (χ0v) is 14.9. The van der Waals surface area contributed by atoms with Crippen LogP contribution in [0.1, 0.15) is 0 Å². The second kappa shape index (κ2) is 7.86. The van der Waals surface area contributed by atoms with Gasteiger partial charge in [-0.15, -0.1) is 59.3 Å². The van der Waals surface area contributed by atoms with Crippen molar-refractivity contribution in [3.8, 4) is 0 Å². The topological polar surface area (TPSA) is 0 Å². The molecule has 0 fully saturated rings. The quantitative estimate of drug-likeness (QED) is 0.274. The second-order valence-corrected chi connectivity index (χ2v) is 4.31. The average molecular weight is 423 g/mol. The summed E-state index contributed by atoms with van der Waals surface area (Å²) in [5.74, 6) is 0. The van der Waals surface area contributed by atoms with Gasteiger partial charge >= 0.3 is 28.2 Å². The second-order valence-electron chi connectivity index (χ2n) is 4.31. The van der Waals surface area contributed by atoms with Gasteiger partial charge in [0.15, 0.2) is 0 Å². The summed E-state index contributed by atoms with van der Waals surface area (Å²) in [6.07, 6.45) is 0. The number of fused-ring (bicyclic) bond motifs is 2. The molecule has 0 nitrogen and oxygen atoms in total. The van der Waals surface area contributed by atoms with Crippen molar-refractivity contribution in [1.29, 1.82) is 0 Å². The van der Waals surface area contributed by atoms with E-state index in [0.29, 0.717) is 0 Å². The molecular formula is C19H16Hf. The van der Waals surface area contributed by atoms with E-state index in [4.69, 9.17) is 0 Å². The van der Waals surface area contributed by atoms with Gasteiger partial charge in [-0.1, -0.05) is 12.1 Å². The van der Waals surface area contributed by atoms with Crippen molar-refractivity contribution in [1.82, 2.24) is 0 Å². The Morgan fingerprint density at radius 2 is 1.00 bits per heavy atom. The first-order valence-electron chi connectivity index (χ1n) is 6.50. The molecule has 0 unspecified atom stereocenters. The Kier molecular flexibility index (Phi) is 5.82. The SMILES string of the molecule is [CH2]=[Hf+2].c1ccc2[cH-]ccc2c1.c1ccc2[cH-]ccc2c1. The summed E-state index contributed by atoms with van der Waals surface area (Å²) in [5.41, 5.74) is 0. The smallest absolute Gasteiger partial charge is 0.0809 e. The molecule has 0 aliphatic heterocycles. The molecule has 0 radical (unpaired) electrons. The summed E-state index contributed by atoms with van der Waals surface area (Å²) in [6, 6.07) is 29.3. The van der Waals surface area contributed by atoms with Gasteiger partial charge in [0.1, 0.15) is 0 Å². The molecule has 0 atom stereocenters. The predicted octanol–water partition coefficient (Wildman–Crippen LogP) is 5.08. The van der Waals surface area contributed by atoms with E-state index in [1.807, 2.05) is 0 Å². The Hall–Kier alpha value is -1.60. The zero-order chi connectivity index (χ0) is 14.2. The van der Waals surface area contributed by atoms with E-state index in [1.54, 1.807) is 0 Å². The van der Waals surface area contributed by atoms with Crippen molar-refractivity contribution in [2.45, 2.75) is 0 Å². The molecule has 0 heterocycles. The summed E-state index contributed by atoms with van der Waals surface area (Å²) in [5, 5.41) is 5.32. The van der Waals surface area contributed by atoms with Crippen LogP contribution in [0.3, 0.4) is 0 Å². The van der Waals surface area contributed by atoms with Crippen LogP contribution in [0.15, 0.2) is 84.9 Å². The number of hydrogen-bond donors (Lipinski definition) is 0. The number of hydrogen-bond acceptors (Lipinski definition) is 0. The van der Waals surface area contributed by atoms with E-state index in [9.17, 15) is 0 Å². The van der Waals surface area contributed by atoms with Crippen LogP contribution in [-0.4, -0.2) is 4.26 Å². The largest absolute Gasteiger partial charge is 0.168 e. The first-order valence-corrected chi connectivity index (χ1v) is 9.04. The monoisotopic (exact) mass is 424 g/mol. The van der Waals surface area contributed by atoms with E-state index in [1.165, 1.54) is 21.5 Å². The summed E-state index contributed by atoms with van der Waals surface area (Å²) in [6.45, 7) is 0. The molecule has 1 heteroatoms. The van der Waals surface area contributed by atoms with Crippen LogP contribution in [0.4, 0.5) is 0 Å². The summed E-state index contributed by atoms with van der Waals surface area (Å²) in [7, 11) is 0. The maximum absolute atomic E-state index is 3.39. The van der Waals surface area contributed by atoms with Gasteiger partial charge < -0.3 is 0 Å². The fourth-order valence-electron chi connectivity index (χ4n) is 2.14. The van der Waals surface area contributed by atoms with Gasteiger partial charge in [0.25, 0.3) is 0 Å². The van der Waals surface area contributed by atoms with Crippen molar-refractivity contribution in [2.75, 3.05) is 0 Å². The summed E-state index contributed by atoms with van der Waals surface area (Å²) >= 11 is 1.06. The third-order valence-corrected chi connectivity index (χ3v) is 3.10. The molecular weight excluding hydrogens is 407 g/mol. The minimum atomic E-state index is 1.06. The minimum absolute atomic E-state index is 1.06. The molecule has 0 saturated heterocycles. The van der Waals surface area contributed by atoms with Gasteiger partial charge in [0, 0.05) is 0 Å². The molecule has 0 bridgehead atoms. The van der Waals surface area contributed by atoms with Crippen LogP contribution in [0.5, 0.6) is 0 Å². The first-order chi connectivity index (χ1) is 9.93. The molecule has 0 saturated carbocycles. The summed E-state index contributed by atoms with van der Waals surface area (Å²) < 4.78 is 3.39. The fourth-order valence-corrected chi connectivity index (χ4v) is 2.14. The molecule has 0 aromatic heterocycles. The van der Waals surface area contributed by atoms with Crippen molar-refractivity contribution < 1.29 is 23.9 Å². The fraction of sp³-hybridized carbons (Fsp3) is 0. The molecule has 0 aliphatic rings. The van der Waals surface area contributed by atoms with Crippen molar-refractivity contribution in [3.63, 3.8) is 0 Å². The Morgan fingerprint density at radius 1 is 0.600 bits per heavy atom. The standard InChI is InChI=1S/2C9H7.CH2.Hf/c2*1-2-5-9-7-3-6-8(9)4-1;;/h2*1-7H;1H2;/q2*-1;;+2. The minimum Gasteiger partial charge on any atom is -0.168 e. The molecule has 0 amide bonds. The molecule has 4 aromatic carbocycles. The number of rotatable bonds is 0. The van der Waals surface area contributed by atoms with Crippen molar-refractivity contribution in [2.24, 2.45) is 0 Å². The third kappa shape index (κ3) is 3.71. The van der Waals surface area contributed by atoms with Gasteiger partial charge in [-0.05, 0) is 0 Å². The molecule has 4 rings (SSSR count). The summed E-state index contributed by atoms with van der Waals surface area (Å²) in [4.78, 5) is 0. The van der Waals surface area contributed by atoms with E-state index in [-0.39, 0.29) is 0 Å². The average Bonchev–Trinajstić information content (AvgIpc) is 3.18. The number of benzene rings is 2. The van der Waals surface area contributed by atoms with Crippen molar-refractivity contribution in [3.05, 3.63) is 84.9 Å². The van der Waals surface area contributed by atoms with Crippen molar-refractivity contribution >= 4 is 25.8 Å². The normalized spacial score (nSPS) is 9.50. The van der Waals surface area contributed by atoms with Gasteiger partial charge in [-0.25, -0.2) is 0 Å². The van der Waals surface area contributed by atoms with Crippen LogP contribution in [0.25, 0.3) is 21.5 Å². The Labute approximate surface area is 134 Å². The Morgan fingerprint density at radius 3 is 1.40 bits per heavy atom. The van der Waals surface area contributed by atoms with Crippen LogP contribution >= 0.6 is 0 Å². The van der Waals surface area contributed by atoms with Crippen LogP contribution in [0, 0.1) is 0 Å². The van der Waals surface area contributed by atoms with Gasteiger partial charge in [-0.2, -0.15) is 35.0 Å². The van der Waals surface area contributed by atoms with Crippen LogP contribution in [0.2, 0.25) is 0 Å². The maximum Gasteiger partial charge on any atom is -0.0809 e. The molecule has 20 heavy (non-hydrogen) atoms. The molecule has 96 valence electrons. The zero-order valence-electron chi connectivity index (χ0n) is 11.3. The maximum atomic E-state index is 3.39. The first kappa shape index (κ1) is 14.8. The van der Waals surface area contributed by atoms with Gasteiger partial charge in [0.2, 0.25) is 0 Å². The van der Waals surface area contributed by atoms with E-state index >= 15 is 0 Å². The van der Waals surface area contributed by atoms with Gasteiger partial charge in [0.05, 0.1) is 0 Å². The Bertz CT molecular complexity index is 635. The predicted molar refractivity (Wildman–Crippen MR) is 86.2 cm³/mol. The molecule has 0 spiro atoms. The third-order valence-electron chi connectivity index (χ3n) is 3.10. The van der Waals surface area contributed by atoms with Crippen LogP contribution in [-0.2, 0) is 23.9 Å². The van der Waals surface area contributed by atoms with E-state index in [2.05, 4.69) is 89.2 Å². The molecule has 0 aliphatic carbocycles. The molecule has 0 N–H and O–H groups in total. The van der Waals surface area contributed by atoms with Gasteiger partial charge in [-0.3, -0.25) is 0 Å². The Balaban J connectivity index is 0.000000131. The molecule has 4 aromatic rings.